The van der Waals surface area contributed by atoms with Gasteiger partial charge in [-0.3, -0.25) is 4.99 Å². The Labute approximate surface area is 86.8 Å². The Morgan fingerprint density at radius 3 is 2.93 bits per heavy atom. The van der Waals surface area contributed by atoms with E-state index in [-0.39, 0.29) is 0 Å². The monoisotopic (exact) mass is 199 g/mol. The van der Waals surface area contributed by atoms with Gasteiger partial charge in [0.25, 0.3) is 0 Å². The maximum atomic E-state index is 4.30. The molecule has 0 spiro atoms. The molecule has 0 atom stereocenters. The molecule has 1 N–H and O–H groups in total. The van der Waals surface area contributed by atoms with Crippen LogP contribution < -0.4 is 10.5 Å². The highest BCUT2D eigenvalue weighted by molar-refractivity contribution is 6.66. The summed E-state index contributed by atoms with van der Waals surface area (Å²) >= 11 is 0. The minimum atomic E-state index is 0.472. The maximum absolute atomic E-state index is 4.30. The van der Waals surface area contributed by atoms with Gasteiger partial charge in [-0.2, -0.15) is 5.10 Å². The molecule has 0 amide bonds. The van der Waals surface area contributed by atoms with Crippen molar-refractivity contribution in [3.8, 4) is 0 Å². The average molecular weight is 199 g/mol. The first-order valence-corrected chi connectivity index (χ1v) is 4.68. The fourth-order valence-electron chi connectivity index (χ4n) is 1.55. The second-order valence-corrected chi connectivity index (χ2v) is 3.20. The van der Waals surface area contributed by atoms with Gasteiger partial charge in [0.05, 0.1) is 11.9 Å². The number of para-hydroxylation sites is 1. The van der Waals surface area contributed by atoms with Gasteiger partial charge in [0.1, 0.15) is 12.4 Å². The second-order valence-electron chi connectivity index (χ2n) is 3.20. The van der Waals surface area contributed by atoms with Crippen LogP contribution in [-0.4, -0.2) is 24.4 Å². The Morgan fingerprint density at radius 2 is 2.07 bits per heavy atom. The summed E-state index contributed by atoms with van der Waals surface area (Å²) < 4.78 is 0. The highest BCUT2D eigenvalue weighted by Crippen LogP contribution is 2.15. The molecule has 2 aliphatic rings. The lowest BCUT2D eigenvalue weighted by Gasteiger charge is -2.18. The van der Waals surface area contributed by atoms with Crippen molar-refractivity contribution < 1.29 is 0 Å². The van der Waals surface area contributed by atoms with Gasteiger partial charge in [-0.15, -0.1) is 0 Å². The van der Waals surface area contributed by atoms with Crippen molar-refractivity contribution in [1.29, 1.82) is 0 Å². The van der Waals surface area contributed by atoms with Crippen LogP contribution in [0, 0.1) is 0 Å². The molecule has 1 aromatic rings. The zero-order valence-electron chi connectivity index (χ0n) is 7.96. The molecule has 1 aromatic carbocycles. The molecule has 0 aromatic heterocycles. The molecule has 0 saturated carbocycles. The number of nitrogens with one attached hydrogen (secondary N) is 1. The lowest BCUT2D eigenvalue weighted by molar-refractivity contribution is 0.807. The fourth-order valence-corrected chi connectivity index (χ4v) is 1.55. The zero-order valence-corrected chi connectivity index (χ0v) is 7.96. The normalized spacial score (nSPS) is 18.0. The van der Waals surface area contributed by atoms with Crippen molar-refractivity contribution in [2.45, 2.75) is 0 Å². The SMILES string of the molecule is C1=NCN=C2C1=NNN2c1ccccc1. The number of fused-ring (bicyclic) bond motifs is 1. The summed E-state index contributed by atoms with van der Waals surface area (Å²) in [6.07, 6.45) is 1.73. The van der Waals surface area contributed by atoms with E-state index in [2.05, 4.69) is 20.6 Å². The Kier molecular flexibility index (Phi) is 1.74. The van der Waals surface area contributed by atoms with Gasteiger partial charge in [0.15, 0.2) is 5.84 Å². The van der Waals surface area contributed by atoms with Gasteiger partial charge >= 0.3 is 0 Å². The van der Waals surface area contributed by atoms with E-state index in [1.165, 1.54) is 0 Å². The number of benzene rings is 1. The second kappa shape index (κ2) is 3.20. The summed E-state index contributed by atoms with van der Waals surface area (Å²) in [4.78, 5) is 8.34. The fraction of sp³-hybridized carbons (Fsp3) is 0.100. The van der Waals surface area contributed by atoms with Crippen molar-refractivity contribution >= 4 is 23.4 Å². The van der Waals surface area contributed by atoms with Gasteiger partial charge in [-0.05, 0) is 12.1 Å². The average Bonchev–Trinajstić information content (AvgIpc) is 2.74. The van der Waals surface area contributed by atoms with E-state index in [0.29, 0.717) is 6.67 Å². The van der Waals surface area contributed by atoms with Crippen LogP contribution in [0.25, 0.3) is 0 Å². The summed E-state index contributed by atoms with van der Waals surface area (Å²) in [6.45, 7) is 0.472. The molecule has 0 aliphatic carbocycles. The molecule has 74 valence electrons. The van der Waals surface area contributed by atoms with E-state index >= 15 is 0 Å². The third-order valence-electron chi connectivity index (χ3n) is 2.24. The number of hydrogen-bond acceptors (Lipinski definition) is 5. The number of anilines is 1. The summed E-state index contributed by atoms with van der Waals surface area (Å²) in [5, 5.41) is 5.98. The molecule has 5 heteroatoms. The van der Waals surface area contributed by atoms with Crippen molar-refractivity contribution in [1.82, 2.24) is 5.53 Å². The van der Waals surface area contributed by atoms with Crippen LogP contribution in [0.5, 0.6) is 0 Å². The quantitative estimate of drug-likeness (QED) is 0.727. The summed E-state index contributed by atoms with van der Waals surface area (Å²) in [5.41, 5.74) is 4.72. The zero-order chi connectivity index (χ0) is 10.1. The van der Waals surface area contributed by atoms with Crippen molar-refractivity contribution in [2.24, 2.45) is 15.1 Å². The van der Waals surface area contributed by atoms with Crippen LogP contribution in [0.2, 0.25) is 0 Å². The Morgan fingerprint density at radius 1 is 1.20 bits per heavy atom. The van der Waals surface area contributed by atoms with Crippen LogP contribution >= 0.6 is 0 Å². The van der Waals surface area contributed by atoms with Gasteiger partial charge in [0, 0.05) is 0 Å². The number of rotatable bonds is 1. The smallest absolute Gasteiger partial charge is 0.180 e. The van der Waals surface area contributed by atoms with E-state index in [9.17, 15) is 0 Å². The van der Waals surface area contributed by atoms with Gasteiger partial charge in [-0.1, -0.05) is 18.2 Å². The topological polar surface area (TPSA) is 52.4 Å². The lowest BCUT2D eigenvalue weighted by Crippen LogP contribution is -2.38. The van der Waals surface area contributed by atoms with E-state index in [1.54, 1.807) is 6.21 Å². The molecule has 5 nitrogen and oxygen atoms in total. The number of nitrogens with zero attached hydrogens (tertiary/aromatic N) is 4. The van der Waals surface area contributed by atoms with Gasteiger partial charge in [0.2, 0.25) is 0 Å². The van der Waals surface area contributed by atoms with Gasteiger partial charge in [-0.25, -0.2) is 15.5 Å². The third kappa shape index (κ3) is 1.28. The van der Waals surface area contributed by atoms with E-state index in [4.69, 9.17) is 0 Å². The lowest BCUT2D eigenvalue weighted by atomic mass is 10.3. The minimum absolute atomic E-state index is 0.472. The van der Waals surface area contributed by atoms with Crippen LogP contribution in [0.15, 0.2) is 45.4 Å². The Bertz CT molecular complexity index is 460. The molecule has 3 rings (SSSR count). The number of hydrazone groups is 1. The summed E-state index contributed by atoms with van der Waals surface area (Å²) in [7, 11) is 0. The number of aliphatic imine (C=N–C) groups is 2. The molecule has 2 heterocycles. The molecule has 0 saturated heterocycles. The molecule has 2 aliphatic heterocycles. The van der Waals surface area contributed by atoms with E-state index in [1.807, 2.05) is 35.3 Å². The minimum Gasteiger partial charge on any atom is -0.267 e. The predicted molar refractivity (Wildman–Crippen MR) is 60.3 cm³/mol. The number of amidine groups is 1. The first-order valence-electron chi connectivity index (χ1n) is 4.68. The van der Waals surface area contributed by atoms with Crippen LogP contribution in [0.1, 0.15) is 0 Å². The molecular formula is C10H9N5. The standard InChI is InChI=1S/C10H9N5/c1-2-4-8(5-3-1)15-10-9(13-14-15)6-11-7-12-10/h1-6,14H,7H2. The number of hydrogen-bond donors (Lipinski definition) is 1. The van der Waals surface area contributed by atoms with E-state index < -0.39 is 0 Å². The molecule has 0 bridgehead atoms. The first kappa shape index (κ1) is 8.16. The van der Waals surface area contributed by atoms with Crippen LogP contribution in [0.4, 0.5) is 5.69 Å². The highest BCUT2D eigenvalue weighted by atomic mass is 15.7. The first-order chi connectivity index (χ1) is 7.45. The molecule has 0 unspecified atom stereocenters. The Hall–Kier alpha value is -2.17. The molecular weight excluding hydrogens is 190 g/mol. The molecule has 0 fully saturated rings. The molecule has 15 heavy (non-hydrogen) atoms. The maximum Gasteiger partial charge on any atom is 0.180 e. The third-order valence-corrected chi connectivity index (χ3v) is 2.24. The highest BCUT2D eigenvalue weighted by Gasteiger charge is 2.24. The molecule has 0 radical (unpaired) electrons. The van der Waals surface area contributed by atoms with Crippen LogP contribution in [0.3, 0.4) is 0 Å². The van der Waals surface area contributed by atoms with E-state index in [0.717, 1.165) is 17.2 Å². The number of hydrazine groups is 1. The largest absolute Gasteiger partial charge is 0.267 e. The summed E-state index contributed by atoms with van der Waals surface area (Å²) in [6, 6.07) is 9.93. The van der Waals surface area contributed by atoms with Crippen molar-refractivity contribution in [2.75, 3.05) is 11.7 Å². The van der Waals surface area contributed by atoms with Crippen molar-refractivity contribution in [3.63, 3.8) is 0 Å². The predicted octanol–water partition coefficient (Wildman–Crippen LogP) is 0.808. The Balaban J connectivity index is 1.96. The van der Waals surface area contributed by atoms with Crippen LogP contribution in [-0.2, 0) is 0 Å². The summed E-state index contributed by atoms with van der Waals surface area (Å²) in [5.74, 6) is 0.830. The van der Waals surface area contributed by atoms with Crippen molar-refractivity contribution in [3.05, 3.63) is 30.3 Å². The van der Waals surface area contributed by atoms with Gasteiger partial charge < -0.3 is 0 Å².